The molecule has 1 rings (SSSR count). The minimum absolute atomic E-state index is 0.140. The number of carbonyl (C=O) groups is 2. The van der Waals surface area contributed by atoms with Crippen molar-refractivity contribution in [3.63, 3.8) is 0 Å². The van der Waals surface area contributed by atoms with Crippen LogP contribution in [0.5, 0.6) is 0 Å². The Bertz CT molecular complexity index is 511. The van der Waals surface area contributed by atoms with Crippen molar-refractivity contribution in [3.8, 4) is 6.07 Å². The number of carboxylic acids is 1. The van der Waals surface area contributed by atoms with Gasteiger partial charge in [0, 0.05) is 11.4 Å². The van der Waals surface area contributed by atoms with Crippen molar-refractivity contribution in [2.75, 3.05) is 16.8 Å². The molecule has 0 aliphatic heterocycles. The van der Waals surface area contributed by atoms with E-state index in [0.29, 0.717) is 12.1 Å². The number of carboxylic acid groups (broad SMARTS) is 1. The highest BCUT2D eigenvalue weighted by molar-refractivity contribution is 8.00. The van der Waals surface area contributed by atoms with Gasteiger partial charge in [0.05, 0.1) is 18.2 Å². The van der Waals surface area contributed by atoms with Crippen molar-refractivity contribution in [3.05, 3.63) is 29.8 Å². The molecule has 20 heavy (non-hydrogen) atoms. The fraction of sp³-hybridized carbons (Fsp3) is 0.308. The minimum atomic E-state index is -1.08. The van der Waals surface area contributed by atoms with Crippen LogP contribution in [0.15, 0.2) is 24.3 Å². The highest BCUT2D eigenvalue weighted by Gasteiger charge is 2.12. The van der Waals surface area contributed by atoms with Crippen LogP contribution in [0.2, 0.25) is 0 Å². The van der Waals surface area contributed by atoms with Crippen LogP contribution < -0.4 is 11.1 Å². The molecule has 7 heteroatoms. The van der Waals surface area contributed by atoms with Gasteiger partial charge in [-0.1, -0.05) is 12.1 Å². The van der Waals surface area contributed by atoms with E-state index in [-0.39, 0.29) is 17.4 Å². The Morgan fingerprint density at radius 1 is 1.40 bits per heavy atom. The summed E-state index contributed by atoms with van der Waals surface area (Å²) in [5, 5.41) is 19.8. The highest BCUT2D eigenvalue weighted by Crippen LogP contribution is 2.11. The van der Waals surface area contributed by atoms with Gasteiger partial charge in [0.25, 0.3) is 0 Å². The van der Waals surface area contributed by atoms with Gasteiger partial charge >= 0.3 is 5.97 Å². The molecule has 0 aromatic heterocycles. The number of nitrogens with one attached hydrogen (secondary N) is 1. The van der Waals surface area contributed by atoms with Crippen LogP contribution in [0.25, 0.3) is 0 Å². The Balaban J connectivity index is 2.35. The number of anilines is 1. The molecule has 1 aromatic rings. The zero-order valence-electron chi connectivity index (χ0n) is 10.7. The molecule has 0 fully saturated rings. The van der Waals surface area contributed by atoms with E-state index in [1.54, 1.807) is 24.3 Å². The van der Waals surface area contributed by atoms with Gasteiger partial charge < -0.3 is 16.2 Å². The van der Waals surface area contributed by atoms with Gasteiger partial charge in [-0.3, -0.25) is 9.59 Å². The van der Waals surface area contributed by atoms with Crippen molar-refractivity contribution in [1.29, 1.82) is 5.26 Å². The summed E-state index contributed by atoms with van der Waals surface area (Å²) >= 11 is 1.17. The first-order chi connectivity index (χ1) is 9.52. The molecular formula is C13H15N3O3S. The number of aliphatic carboxylic acids is 1. The fourth-order valence-electron chi connectivity index (χ4n) is 1.34. The molecular weight excluding hydrogens is 278 g/mol. The number of rotatable bonds is 7. The third-order valence-corrected chi connectivity index (χ3v) is 3.43. The first kappa shape index (κ1) is 16.0. The average Bonchev–Trinajstić information content (AvgIpc) is 2.41. The largest absolute Gasteiger partial charge is 0.480 e. The maximum absolute atomic E-state index is 11.6. The van der Waals surface area contributed by atoms with E-state index in [1.165, 1.54) is 11.8 Å². The van der Waals surface area contributed by atoms with Gasteiger partial charge in [0.1, 0.15) is 6.04 Å². The molecule has 1 atom stereocenters. The lowest BCUT2D eigenvalue weighted by atomic mass is 10.1. The van der Waals surface area contributed by atoms with Crippen LogP contribution in [0.3, 0.4) is 0 Å². The molecule has 0 saturated carbocycles. The van der Waals surface area contributed by atoms with E-state index < -0.39 is 12.0 Å². The predicted molar refractivity (Wildman–Crippen MR) is 77.3 cm³/mol. The molecule has 0 unspecified atom stereocenters. The van der Waals surface area contributed by atoms with Crippen LogP contribution >= 0.6 is 11.8 Å². The van der Waals surface area contributed by atoms with Crippen LogP contribution in [0, 0.1) is 11.3 Å². The Labute approximate surface area is 121 Å². The lowest BCUT2D eigenvalue weighted by molar-refractivity contribution is -0.137. The zero-order valence-corrected chi connectivity index (χ0v) is 11.5. The number of nitrogens with zero attached hydrogens (tertiary/aromatic N) is 1. The summed E-state index contributed by atoms with van der Waals surface area (Å²) in [6.45, 7) is 0. The predicted octanol–water partition coefficient (Wildman–Crippen LogP) is 0.836. The Hall–Kier alpha value is -2.04. The van der Waals surface area contributed by atoms with Crippen molar-refractivity contribution >= 4 is 29.3 Å². The summed E-state index contributed by atoms with van der Waals surface area (Å²) in [5.41, 5.74) is 6.84. The Kier molecular flexibility index (Phi) is 6.56. The molecule has 0 aliphatic carbocycles. The number of hydrogen-bond donors (Lipinski definition) is 3. The summed E-state index contributed by atoms with van der Waals surface area (Å²) in [6, 6.07) is 8.06. The molecule has 0 spiro atoms. The second kappa shape index (κ2) is 8.19. The van der Waals surface area contributed by atoms with Crippen LogP contribution in [-0.2, 0) is 16.0 Å². The number of hydrogen-bond acceptors (Lipinski definition) is 5. The highest BCUT2D eigenvalue weighted by atomic mass is 32.2. The SMILES string of the molecule is N#CCc1ccc(NC(=O)CSC[C@@H](N)C(=O)O)cc1. The number of thioether (sulfide) groups is 1. The van der Waals surface area contributed by atoms with Gasteiger partial charge in [-0.05, 0) is 17.7 Å². The van der Waals surface area contributed by atoms with Crippen molar-refractivity contribution < 1.29 is 14.7 Å². The molecule has 0 heterocycles. The first-order valence-electron chi connectivity index (χ1n) is 5.85. The van der Waals surface area contributed by atoms with Gasteiger partial charge in [-0.15, -0.1) is 11.8 Å². The number of nitrogens with two attached hydrogens (primary N) is 1. The second-order valence-electron chi connectivity index (χ2n) is 4.04. The molecule has 0 radical (unpaired) electrons. The standard InChI is InChI=1S/C13H15N3O3S/c14-6-5-9-1-3-10(4-2-9)16-12(17)8-20-7-11(15)13(18)19/h1-4,11H,5,7-8,15H2,(H,16,17)(H,18,19)/t11-/m1/s1. The maximum atomic E-state index is 11.6. The molecule has 1 aromatic carbocycles. The Morgan fingerprint density at radius 2 is 2.05 bits per heavy atom. The molecule has 0 saturated heterocycles. The topological polar surface area (TPSA) is 116 Å². The second-order valence-corrected chi connectivity index (χ2v) is 5.07. The fourth-order valence-corrected chi connectivity index (χ4v) is 2.12. The molecule has 106 valence electrons. The molecule has 1 amide bonds. The van der Waals surface area contributed by atoms with Gasteiger partial charge in [0.15, 0.2) is 0 Å². The van der Waals surface area contributed by atoms with E-state index in [4.69, 9.17) is 16.1 Å². The van der Waals surface area contributed by atoms with E-state index in [2.05, 4.69) is 5.32 Å². The Morgan fingerprint density at radius 3 is 2.60 bits per heavy atom. The van der Waals surface area contributed by atoms with E-state index in [9.17, 15) is 9.59 Å². The lowest BCUT2D eigenvalue weighted by Crippen LogP contribution is -2.33. The van der Waals surface area contributed by atoms with E-state index in [1.807, 2.05) is 6.07 Å². The summed E-state index contributed by atoms with van der Waals surface area (Å²) in [7, 11) is 0. The summed E-state index contributed by atoms with van der Waals surface area (Å²) in [4.78, 5) is 22.1. The van der Waals surface area contributed by atoms with Crippen molar-refractivity contribution in [1.82, 2.24) is 0 Å². The van der Waals surface area contributed by atoms with E-state index >= 15 is 0 Å². The van der Waals surface area contributed by atoms with Gasteiger partial charge in [0.2, 0.25) is 5.91 Å². The van der Waals surface area contributed by atoms with Gasteiger partial charge in [-0.2, -0.15) is 5.26 Å². The van der Waals surface area contributed by atoms with E-state index in [0.717, 1.165) is 5.56 Å². The molecule has 4 N–H and O–H groups in total. The monoisotopic (exact) mass is 293 g/mol. The molecule has 0 aliphatic rings. The van der Waals surface area contributed by atoms with Crippen LogP contribution in [-0.4, -0.2) is 34.5 Å². The summed E-state index contributed by atoms with van der Waals surface area (Å²) in [6.07, 6.45) is 0.331. The lowest BCUT2D eigenvalue weighted by Gasteiger charge is -2.07. The summed E-state index contributed by atoms with van der Waals surface area (Å²) in [5.74, 6) is -0.975. The quantitative estimate of drug-likeness (QED) is 0.686. The van der Waals surface area contributed by atoms with Crippen LogP contribution in [0.1, 0.15) is 5.56 Å². The normalized spacial score (nSPS) is 11.4. The average molecular weight is 293 g/mol. The third kappa shape index (κ3) is 5.73. The number of amides is 1. The van der Waals surface area contributed by atoms with Crippen molar-refractivity contribution in [2.24, 2.45) is 5.73 Å². The minimum Gasteiger partial charge on any atom is -0.480 e. The van der Waals surface area contributed by atoms with Crippen LogP contribution in [0.4, 0.5) is 5.69 Å². The molecule has 6 nitrogen and oxygen atoms in total. The van der Waals surface area contributed by atoms with Crippen molar-refractivity contribution in [2.45, 2.75) is 12.5 Å². The maximum Gasteiger partial charge on any atom is 0.321 e. The molecule has 0 bridgehead atoms. The third-order valence-electron chi connectivity index (χ3n) is 2.37. The summed E-state index contributed by atoms with van der Waals surface area (Å²) < 4.78 is 0. The number of nitriles is 1. The van der Waals surface area contributed by atoms with Gasteiger partial charge in [-0.25, -0.2) is 0 Å². The smallest absolute Gasteiger partial charge is 0.321 e. The number of benzene rings is 1. The number of carbonyl (C=O) groups excluding carboxylic acids is 1. The first-order valence-corrected chi connectivity index (χ1v) is 7.00. The zero-order chi connectivity index (χ0) is 15.0.